The molecule has 1 aromatic heterocycles. The highest BCUT2D eigenvalue weighted by Crippen LogP contribution is 2.10. The standard InChI is InChI=1S/C13H10ClN3O2/c14-11-3-1-2-10(8-11)9-17-7-6-16(5-4-15)12(18)13(17)19/h1-3,6-8H,5,9H2. The smallest absolute Gasteiger partial charge is 0.305 e. The highest BCUT2D eigenvalue weighted by molar-refractivity contribution is 6.30. The fourth-order valence-corrected chi connectivity index (χ4v) is 1.91. The largest absolute Gasteiger partial charge is 0.317 e. The Morgan fingerprint density at radius 1 is 1.16 bits per heavy atom. The number of benzene rings is 1. The van der Waals surface area contributed by atoms with Gasteiger partial charge in [0.15, 0.2) is 0 Å². The summed E-state index contributed by atoms with van der Waals surface area (Å²) in [5, 5.41) is 9.11. The normalized spacial score (nSPS) is 10.1. The fourth-order valence-electron chi connectivity index (χ4n) is 1.70. The van der Waals surface area contributed by atoms with Crippen LogP contribution in [0.25, 0.3) is 0 Å². The van der Waals surface area contributed by atoms with E-state index in [1.165, 1.54) is 17.0 Å². The molecule has 2 aromatic rings. The van der Waals surface area contributed by atoms with Gasteiger partial charge in [0.05, 0.1) is 12.6 Å². The molecule has 5 nitrogen and oxygen atoms in total. The zero-order valence-electron chi connectivity index (χ0n) is 9.91. The first-order valence-electron chi connectivity index (χ1n) is 5.53. The van der Waals surface area contributed by atoms with Crippen LogP contribution in [-0.2, 0) is 13.1 Å². The van der Waals surface area contributed by atoms with Gasteiger partial charge in [-0.3, -0.25) is 14.2 Å². The van der Waals surface area contributed by atoms with E-state index in [-0.39, 0.29) is 13.1 Å². The average Bonchev–Trinajstić information content (AvgIpc) is 2.39. The first-order valence-corrected chi connectivity index (χ1v) is 5.91. The van der Waals surface area contributed by atoms with Crippen LogP contribution < -0.4 is 11.1 Å². The van der Waals surface area contributed by atoms with E-state index >= 15 is 0 Å². The van der Waals surface area contributed by atoms with Gasteiger partial charge in [-0.25, -0.2) is 0 Å². The van der Waals surface area contributed by atoms with Crippen LogP contribution in [0.3, 0.4) is 0 Å². The molecular formula is C13H10ClN3O2. The molecule has 0 aliphatic carbocycles. The van der Waals surface area contributed by atoms with Crippen LogP contribution in [-0.4, -0.2) is 9.13 Å². The van der Waals surface area contributed by atoms with E-state index in [1.54, 1.807) is 18.2 Å². The van der Waals surface area contributed by atoms with E-state index in [4.69, 9.17) is 16.9 Å². The summed E-state index contributed by atoms with van der Waals surface area (Å²) in [5.41, 5.74) is -0.532. The third-order valence-electron chi connectivity index (χ3n) is 2.61. The lowest BCUT2D eigenvalue weighted by molar-refractivity contribution is 0.676. The maximum atomic E-state index is 11.8. The molecule has 0 saturated carbocycles. The van der Waals surface area contributed by atoms with E-state index in [0.29, 0.717) is 5.02 Å². The predicted octanol–water partition coefficient (Wildman–Crippen LogP) is 1.24. The van der Waals surface area contributed by atoms with Crippen molar-refractivity contribution in [1.29, 1.82) is 5.26 Å². The first-order chi connectivity index (χ1) is 9.11. The van der Waals surface area contributed by atoms with Crippen molar-refractivity contribution in [3.8, 4) is 6.07 Å². The van der Waals surface area contributed by atoms with E-state index in [9.17, 15) is 9.59 Å². The molecule has 1 heterocycles. The fraction of sp³-hybridized carbons (Fsp3) is 0.154. The van der Waals surface area contributed by atoms with Crippen LogP contribution in [0.1, 0.15) is 5.56 Å². The van der Waals surface area contributed by atoms with Gasteiger partial charge in [0.1, 0.15) is 6.54 Å². The lowest BCUT2D eigenvalue weighted by Gasteiger charge is -2.07. The number of rotatable bonds is 3. The second kappa shape index (κ2) is 5.55. The third-order valence-corrected chi connectivity index (χ3v) is 2.85. The molecular weight excluding hydrogens is 266 g/mol. The van der Waals surface area contributed by atoms with Crippen molar-refractivity contribution in [2.75, 3.05) is 0 Å². The number of halogens is 1. The van der Waals surface area contributed by atoms with Gasteiger partial charge >= 0.3 is 11.1 Å². The zero-order valence-corrected chi connectivity index (χ0v) is 10.7. The van der Waals surface area contributed by atoms with Gasteiger partial charge < -0.3 is 4.57 Å². The topological polar surface area (TPSA) is 67.8 Å². The quantitative estimate of drug-likeness (QED) is 0.792. The molecule has 0 amide bonds. The Hall–Kier alpha value is -2.32. The zero-order chi connectivity index (χ0) is 13.8. The molecule has 0 bridgehead atoms. The molecule has 2 rings (SSSR count). The third kappa shape index (κ3) is 2.92. The van der Waals surface area contributed by atoms with Gasteiger partial charge in [-0.15, -0.1) is 0 Å². The van der Waals surface area contributed by atoms with Gasteiger partial charge in [-0.1, -0.05) is 23.7 Å². The minimum Gasteiger partial charge on any atom is -0.305 e. The van der Waals surface area contributed by atoms with Crippen molar-refractivity contribution in [3.63, 3.8) is 0 Å². The van der Waals surface area contributed by atoms with Gasteiger partial charge in [0.2, 0.25) is 0 Å². The lowest BCUT2D eigenvalue weighted by atomic mass is 10.2. The van der Waals surface area contributed by atoms with E-state index in [2.05, 4.69) is 0 Å². The minimum atomic E-state index is -0.703. The summed E-state index contributed by atoms with van der Waals surface area (Å²) in [5.74, 6) is 0. The molecule has 0 atom stereocenters. The molecule has 96 valence electrons. The molecule has 0 spiro atoms. The Kier molecular flexibility index (Phi) is 3.83. The monoisotopic (exact) mass is 275 g/mol. The Labute approximate surface area is 113 Å². The van der Waals surface area contributed by atoms with Gasteiger partial charge in [-0.05, 0) is 17.7 Å². The van der Waals surface area contributed by atoms with Crippen LogP contribution in [0.2, 0.25) is 5.02 Å². The number of aromatic nitrogens is 2. The average molecular weight is 276 g/mol. The molecule has 0 N–H and O–H groups in total. The van der Waals surface area contributed by atoms with Crippen molar-refractivity contribution in [3.05, 3.63) is 68.0 Å². The maximum absolute atomic E-state index is 11.8. The number of nitrogens with zero attached hydrogens (tertiary/aromatic N) is 3. The summed E-state index contributed by atoms with van der Waals surface area (Å²) in [6.45, 7) is 0.133. The van der Waals surface area contributed by atoms with Gasteiger partial charge in [0.25, 0.3) is 0 Å². The lowest BCUT2D eigenvalue weighted by Crippen LogP contribution is -2.40. The molecule has 19 heavy (non-hydrogen) atoms. The number of hydrogen-bond acceptors (Lipinski definition) is 3. The highest BCUT2D eigenvalue weighted by atomic mass is 35.5. The highest BCUT2D eigenvalue weighted by Gasteiger charge is 2.05. The maximum Gasteiger partial charge on any atom is 0.317 e. The van der Waals surface area contributed by atoms with E-state index in [1.807, 2.05) is 12.1 Å². The van der Waals surface area contributed by atoms with Crippen molar-refractivity contribution < 1.29 is 0 Å². The molecule has 0 aliphatic rings. The van der Waals surface area contributed by atoms with Crippen LogP contribution in [0, 0.1) is 11.3 Å². The molecule has 6 heteroatoms. The molecule has 0 fully saturated rings. The first kappa shape index (κ1) is 13.1. The summed E-state index contributed by atoms with van der Waals surface area (Å²) in [4.78, 5) is 23.5. The number of nitriles is 1. The van der Waals surface area contributed by atoms with Crippen LogP contribution in [0.4, 0.5) is 0 Å². The van der Waals surface area contributed by atoms with Crippen LogP contribution in [0.15, 0.2) is 46.2 Å². The number of hydrogen-bond donors (Lipinski definition) is 0. The minimum absolute atomic E-state index is 0.133. The molecule has 1 aromatic carbocycles. The molecule has 0 unspecified atom stereocenters. The summed E-state index contributed by atoms with van der Waals surface area (Å²) in [6, 6.07) is 8.89. The summed E-state index contributed by atoms with van der Waals surface area (Å²) in [7, 11) is 0. The Bertz CT molecular complexity index is 755. The van der Waals surface area contributed by atoms with Gasteiger partial charge in [0, 0.05) is 17.4 Å². The molecule has 0 radical (unpaired) electrons. The Morgan fingerprint density at radius 3 is 2.53 bits per heavy atom. The molecule has 0 saturated heterocycles. The van der Waals surface area contributed by atoms with Gasteiger partial charge in [-0.2, -0.15) is 5.26 Å². The SMILES string of the molecule is N#CCn1ccn(Cc2cccc(Cl)c2)c(=O)c1=O. The second-order valence-corrected chi connectivity index (χ2v) is 4.39. The van der Waals surface area contributed by atoms with Crippen molar-refractivity contribution >= 4 is 11.6 Å². The second-order valence-electron chi connectivity index (χ2n) is 3.95. The Balaban J connectivity index is 2.38. The predicted molar refractivity (Wildman–Crippen MR) is 71.1 cm³/mol. The Morgan fingerprint density at radius 2 is 1.84 bits per heavy atom. The summed E-state index contributed by atoms with van der Waals surface area (Å²) >= 11 is 5.86. The van der Waals surface area contributed by atoms with E-state index < -0.39 is 11.1 Å². The van der Waals surface area contributed by atoms with Crippen LogP contribution >= 0.6 is 11.6 Å². The van der Waals surface area contributed by atoms with Crippen molar-refractivity contribution in [1.82, 2.24) is 9.13 Å². The van der Waals surface area contributed by atoms with Crippen molar-refractivity contribution in [2.45, 2.75) is 13.1 Å². The van der Waals surface area contributed by atoms with E-state index in [0.717, 1.165) is 10.1 Å². The summed E-state index contributed by atoms with van der Waals surface area (Å²) in [6.07, 6.45) is 2.92. The van der Waals surface area contributed by atoms with Crippen molar-refractivity contribution in [2.24, 2.45) is 0 Å². The summed E-state index contributed by atoms with van der Waals surface area (Å²) < 4.78 is 2.37. The van der Waals surface area contributed by atoms with Crippen LogP contribution in [0.5, 0.6) is 0 Å². The molecule has 0 aliphatic heterocycles.